The van der Waals surface area contributed by atoms with Crippen molar-refractivity contribution in [3.05, 3.63) is 65.2 Å². The molecule has 2 N–H and O–H groups in total. The summed E-state index contributed by atoms with van der Waals surface area (Å²) in [5.41, 5.74) is 4.36. The van der Waals surface area contributed by atoms with Crippen LogP contribution in [0.2, 0.25) is 0 Å². The number of carbonyl (C=O) groups is 1. The van der Waals surface area contributed by atoms with Crippen molar-refractivity contribution in [3.8, 4) is 0 Å². The van der Waals surface area contributed by atoms with E-state index in [4.69, 9.17) is 0 Å². The molecule has 1 aliphatic heterocycles. The quantitative estimate of drug-likeness (QED) is 0.803. The first-order valence-corrected chi connectivity index (χ1v) is 11.5. The van der Waals surface area contributed by atoms with Crippen LogP contribution >= 0.6 is 0 Å². The molecule has 30 heavy (non-hydrogen) atoms. The number of hydrogen-bond acceptors (Lipinski definition) is 3. The minimum Gasteiger partial charge on any atom is -0.392 e. The van der Waals surface area contributed by atoms with Gasteiger partial charge in [0.1, 0.15) is 6.17 Å². The number of anilines is 1. The number of amides is 1. The molecule has 0 radical (unpaired) electrons. The maximum Gasteiger partial charge on any atom is 0.252 e. The Hall–Kier alpha value is -2.33. The molecule has 0 aromatic heterocycles. The summed E-state index contributed by atoms with van der Waals surface area (Å²) < 4.78 is 0. The topological polar surface area (TPSA) is 52.6 Å². The number of benzene rings is 2. The molecular formula is C26H30N2O2. The zero-order valence-corrected chi connectivity index (χ0v) is 17.4. The molecule has 4 nitrogen and oxygen atoms in total. The molecule has 1 atom stereocenters. The van der Waals surface area contributed by atoms with Gasteiger partial charge in [0.25, 0.3) is 5.91 Å². The zero-order chi connectivity index (χ0) is 20.3. The number of carbonyl (C=O) groups excluding carboxylic acids is 1. The Morgan fingerprint density at radius 3 is 2.30 bits per heavy atom. The lowest BCUT2D eigenvalue weighted by molar-refractivity contribution is -0.00804. The van der Waals surface area contributed by atoms with E-state index >= 15 is 0 Å². The lowest BCUT2D eigenvalue weighted by Gasteiger charge is -2.61. The van der Waals surface area contributed by atoms with E-state index in [9.17, 15) is 9.90 Å². The molecule has 0 saturated heterocycles. The van der Waals surface area contributed by atoms with Crippen LogP contribution in [0.3, 0.4) is 0 Å². The summed E-state index contributed by atoms with van der Waals surface area (Å²) in [5.74, 6) is 2.52. The maximum atomic E-state index is 13.1. The Kier molecular flexibility index (Phi) is 4.21. The van der Waals surface area contributed by atoms with Gasteiger partial charge in [-0.05, 0) is 85.6 Å². The van der Waals surface area contributed by atoms with Crippen LogP contribution in [0.1, 0.15) is 60.0 Å². The monoisotopic (exact) mass is 402 g/mol. The largest absolute Gasteiger partial charge is 0.392 e. The van der Waals surface area contributed by atoms with Crippen LogP contribution in [-0.2, 0) is 13.0 Å². The first kappa shape index (κ1) is 18.4. The number of fused-ring (bicyclic) bond motifs is 1. The number of nitrogens with zero attached hydrogens (tertiary/aromatic N) is 1. The summed E-state index contributed by atoms with van der Waals surface area (Å²) in [6.45, 7) is 0.0586. The van der Waals surface area contributed by atoms with Gasteiger partial charge < -0.3 is 15.3 Å². The van der Waals surface area contributed by atoms with E-state index in [1.807, 2.05) is 36.4 Å². The fourth-order valence-corrected chi connectivity index (χ4v) is 7.46. The van der Waals surface area contributed by atoms with E-state index in [0.29, 0.717) is 0 Å². The highest BCUT2D eigenvalue weighted by Gasteiger charge is 2.56. The smallest absolute Gasteiger partial charge is 0.252 e. The van der Waals surface area contributed by atoms with Crippen molar-refractivity contribution in [1.82, 2.24) is 5.32 Å². The standard InChI is InChI=1S/C26H30N2O2/c29-16-17-6-7-22-12-24(27-25(30)21-4-2-1-3-5-21)28(23(22)11-17)26-13-18-8-19(14-26)10-20(9-18)15-26/h1-7,11,18-20,24,29H,8-10,12-16H2,(H,27,30). The lowest BCUT2D eigenvalue weighted by atomic mass is 9.52. The Balaban J connectivity index is 1.38. The van der Waals surface area contributed by atoms with Crippen LogP contribution in [0, 0.1) is 17.8 Å². The van der Waals surface area contributed by atoms with Gasteiger partial charge in [-0.15, -0.1) is 0 Å². The van der Waals surface area contributed by atoms with Gasteiger partial charge in [-0.3, -0.25) is 4.79 Å². The Bertz CT molecular complexity index is 935. The normalized spacial score (nSPS) is 33.6. The number of aliphatic hydroxyl groups is 1. The van der Waals surface area contributed by atoms with Gasteiger partial charge in [0, 0.05) is 23.2 Å². The lowest BCUT2D eigenvalue weighted by Crippen LogP contribution is -2.64. The number of rotatable bonds is 4. The molecule has 2 aromatic carbocycles. The molecule has 4 saturated carbocycles. The summed E-state index contributed by atoms with van der Waals surface area (Å²) in [6, 6.07) is 15.9. The SMILES string of the molecule is O=C(NC1Cc2ccc(CO)cc2N1C12CC3CC(CC(C3)C1)C2)c1ccccc1. The van der Waals surface area contributed by atoms with Gasteiger partial charge in [-0.25, -0.2) is 0 Å². The van der Waals surface area contributed by atoms with Crippen LogP contribution in [0.15, 0.2) is 48.5 Å². The molecule has 4 bridgehead atoms. The van der Waals surface area contributed by atoms with Crippen molar-refractivity contribution in [2.45, 2.75) is 63.3 Å². The van der Waals surface area contributed by atoms with Crippen molar-refractivity contribution >= 4 is 11.6 Å². The summed E-state index contributed by atoms with van der Waals surface area (Å²) in [6.07, 6.45) is 8.77. The van der Waals surface area contributed by atoms with Crippen LogP contribution < -0.4 is 10.2 Å². The van der Waals surface area contributed by atoms with E-state index in [0.717, 1.165) is 35.3 Å². The van der Waals surface area contributed by atoms with Crippen LogP contribution in [-0.4, -0.2) is 22.7 Å². The predicted molar refractivity (Wildman–Crippen MR) is 117 cm³/mol. The van der Waals surface area contributed by atoms with Gasteiger partial charge in [0.15, 0.2) is 0 Å². The highest BCUT2D eigenvalue weighted by Crippen LogP contribution is 2.59. The van der Waals surface area contributed by atoms with Gasteiger partial charge in [0.2, 0.25) is 0 Å². The fourth-order valence-electron chi connectivity index (χ4n) is 7.46. The third-order valence-corrected chi connectivity index (χ3v) is 8.17. The Morgan fingerprint density at radius 1 is 1.00 bits per heavy atom. The van der Waals surface area contributed by atoms with Crippen molar-refractivity contribution in [1.29, 1.82) is 0 Å². The Labute approximate surface area is 178 Å². The van der Waals surface area contributed by atoms with Crippen molar-refractivity contribution < 1.29 is 9.90 Å². The van der Waals surface area contributed by atoms with Crippen LogP contribution in [0.4, 0.5) is 5.69 Å². The van der Waals surface area contributed by atoms with Crippen LogP contribution in [0.25, 0.3) is 0 Å². The number of hydrogen-bond donors (Lipinski definition) is 2. The molecule has 5 aliphatic rings. The molecule has 7 rings (SSSR count). The summed E-state index contributed by atoms with van der Waals surface area (Å²) in [5, 5.41) is 13.1. The first-order valence-electron chi connectivity index (χ1n) is 11.5. The van der Waals surface area contributed by atoms with E-state index in [1.165, 1.54) is 49.8 Å². The van der Waals surface area contributed by atoms with Crippen molar-refractivity contribution in [2.75, 3.05) is 4.90 Å². The molecule has 1 amide bonds. The highest BCUT2D eigenvalue weighted by molar-refractivity contribution is 5.94. The minimum atomic E-state index is -0.0158. The third kappa shape index (κ3) is 2.88. The second kappa shape index (κ2) is 6.84. The number of aliphatic hydroxyl groups excluding tert-OH is 1. The van der Waals surface area contributed by atoms with E-state index in [2.05, 4.69) is 22.3 Å². The molecule has 2 aromatic rings. The highest BCUT2D eigenvalue weighted by atomic mass is 16.3. The predicted octanol–water partition coefficient (Wildman–Crippen LogP) is 4.27. The Morgan fingerprint density at radius 2 is 1.67 bits per heavy atom. The summed E-state index contributed by atoms with van der Waals surface area (Å²) in [4.78, 5) is 15.7. The third-order valence-electron chi connectivity index (χ3n) is 8.17. The van der Waals surface area contributed by atoms with Crippen molar-refractivity contribution in [3.63, 3.8) is 0 Å². The molecule has 1 heterocycles. The van der Waals surface area contributed by atoms with E-state index in [-0.39, 0.29) is 24.2 Å². The molecular weight excluding hydrogens is 372 g/mol. The number of nitrogens with one attached hydrogen (secondary N) is 1. The first-order chi connectivity index (χ1) is 14.6. The molecule has 1 unspecified atom stereocenters. The average molecular weight is 403 g/mol. The van der Waals surface area contributed by atoms with Crippen molar-refractivity contribution in [2.24, 2.45) is 17.8 Å². The van der Waals surface area contributed by atoms with Crippen LogP contribution in [0.5, 0.6) is 0 Å². The average Bonchev–Trinajstić information content (AvgIpc) is 3.11. The molecule has 4 aliphatic carbocycles. The minimum absolute atomic E-state index is 0.00511. The van der Waals surface area contributed by atoms with Gasteiger partial charge in [-0.1, -0.05) is 30.3 Å². The van der Waals surface area contributed by atoms with E-state index < -0.39 is 0 Å². The second-order valence-electron chi connectivity index (χ2n) is 10.2. The van der Waals surface area contributed by atoms with Gasteiger partial charge in [-0.2, -0.15) is 0 Å². The summed E-state index contributed by atoms with van der Waals surface area (Å²) >= 11 is 0. The maximum absolute atomic E-state index is 13.1. The van der Waals surface area contributed by atoms with E-state index in [1.54, 1.807) is 0 Å². The zero-order valence-electron chi connectivity index (χ0n) is 17.4. The van der Waals surface area contributed by atoms with Gasteiger partial charge in [0.05, 0.1) is 6.61 Å². The summed E-state index contributed by atoms with van der Waals surface area (Å²) in [7, 11) is 0. The van der Waals surface area contributed by atoms with Gasteiger partial charge >= 0.3 is 0 Å². The molecule has 4 heteroatoms. The molecule has 4 fully saturated rings. The fraction of sp³-hybridized carbons (Fsp3) is 0.500. The second-order valence-corrected chi connectivity index (χ2v) is 10.2. The molecule has 0 spiro atoms. The molecule has 156 valence electrons.